The van der Waals surface area contributed by atoms with E-state index in [2.05, 4.69) is 15.3 Å². The molecule has 4 heteroatoms. The number of aromatic nitrogens is 2. The SMILES string of the molecule is CC.CC(=O)NCc1nc(C)[nH]c1C. The van der Waals surface area contributed by atoms with Crippen LogP contribution in [0.4, 0.5) is 0 Å². The number of carbonyl (C=O) groups is 1. The Morgan fingerprint density at radius 2 is 2.00 bits per heavy atom. The molecule has 1 heterocycles. The van der Waals surface area contributed by atoms with Gasteiger partial charge in [0.15, 0.2) is 0 Å². The fourth-order valence-electron chi connectivity index (χ4n) is 1.04. The molecule has 1 rings (SSSR count). The standard InChI is InChI=1S/C8H13N3O.C2H6/c1-5-8(4-9-7(3)12)11-6(2)10-5;1-2/h4H2,1-3H3,(H,9,12)(H,10,11);1-2H3. The predicted molar refractivity (Wildman–Crippen MR) is 56.9 cm³/mol. The van der Waals surface area contributed by atoms with Crippen molar-refractivity contribution in [2.45, 2.75) is 41.2 Å². The average Bonchev–Trinajstić information content (AvgIpc) is 2.45. The Balaban J connectivity index is 0.000000791. The fraction of sp³-hybridized carbons (Fsp3) is 0.600. The monoisotopic (exact) mass is 197 g/mol. The van der Waals surface area contributed by atoms with E-state index < -0.39 is 0 Å². The molecule has 1 aromatic rings. The summed E-state index contributed by atoms with van der Waals surface area (Å²) in [5.41, 5.74) is 1.92. The number of hydrogen-bond acceptors (Lipinski definition) is 2. The second-order valence-corrected chi connectivity index (χ2v) is 2.80. The van der Waals surface area contributed by atoms with E-state index in [9.17, 15) is 4.79 Å². The van der Waals surface area contributed by atoms with Crippen LogP contribution in [0.1, 0.15) is 38.0 Å². The molecule has 0 aromatic carbocycles. The van der Waals surface area contributed by atoms with E-state index in [0.29, 0.717) is 6.54 Å². The van der Waals surface area contributed by atoms with E-state index in [4.69, 9.17) is 0 Å². The number of nitrogens with zero attached hydrogens (tertiary/aromatic N) is 1. The Labute approximate surface area is 85.1 Å². The van der Waals surface area contributed by atoms with Gasteiger partial charge >= 0.3 is 0 Å². The topological polar surface area (TPSA) is 57.8 Å². The van der Waals surface area contributed by atoms with Crippen molar-refractivity contribution in [1.82, 2.24) is 15.3 Å². The van der Waals surface area contributed by atoms with Crippen molar-refractivity contribution in [2.75, 3.05) is 0 Å². The Morgan fingerprint density at radius 3 is 2.36 bits per heavy atom. The van der Waals surface area contributed by atoms with Crippen LogP contribution in [0.15, 0.2) is 0 Å². The number of aryl methyl sites for hydroxylation is 2. The molecule has 0 atom stereocenters. The molecule has 0 aliphatic heterocycles. The summed E-state index contributed by atoms with van der Waals surface area (Å²) < 4.78 is 0. The number of imidazole rings is 1. The lowest BCUT2D eigenvalue weighted by atomic mass is 10.3. The third kappa shape index (κ3) is 4.07. The Hall–Kier alpha value is -1.32. The van der Waals surface area contributed by atoms with Crippen molar-refractivity contribution in [3.05, 3.63) is 17.2 Å². The molecule has 1 aromatic heterocycles. The van der Waals surface area contributed by atoms with Crippen LogP contribution in [0.25, 0.3) is 0 Å². The highest BCUT2D eigenvalue weighted by molar-refractivity contribution is 5.72. The minimum atomic E-state index is -0.0324. The van der Waals surface area contributed by atoms with Gasteiger partial charge in [-0.25, -0.2) is 4.98 Å². The maximum absolute atomic E-state index is 10.6. The van der Waals surface area contributed by atoms with E-state index in [0.717, 1.165) is 17.2 Å². The van der Waals surface area contributed by atoms with Crippen LogP contribution in [0.3, 0.4) is 0 Å². The second kappa shape index (κ2) is 6.18. The molecular weight excluding hydrogens is 178 g/mol. The lowest BCUT2D eigenvalue weighted by molar-refractivity contribution is -0.119. The summed E-state index contributed by atoms with van der Waals surface area (Å²) in [5, 5.41) is 2.69. The van der Waals surface area contributed by atoms with Gasteiger partial charge in [0.2, 0.25) is 5.91 Å². The summed E-state index contributed by atoms with van der Waals surface area (Å²) in [7, 11) is 0. The van der Waals surface area contributed by atoms with Crippen molar-refractivity contribution in [1.29, 1.82) is 0 Å². The number of hydrogen-bond donors (Lipinski definition) is 2. The van der Waals surface area contributed by atoms with Crippen LogP contribution in [0, 0.1) is 13.8 Å². The van der Waals surface area contributed by atoms with Gasteiger partial charge in [0.05, 0.1) is 12.2 Å². The van der Waals surface area contributed by atoms with Gasteiger partial charge in [0.1, 0.15) is 5.82 Å². The molecule has 80 valence electrons. The highest BCUT2D eigenvalue weighted by Crippen LogP contribution is 2.02. The summed E-state index contributed by atoms with van der Waals surface area (Å²) in [6.07, 6.45) is 0. The van der Waals surface area contributed by atoms with Crippen LogP contribution >= 0.6 is 0 Å². The molecule has 0 saturated carbocycles. The van der Waals surface area contributed by atoms with E-state index in [1.807, 2.05) is 27.7 Å². The fourth-order valence-corrected chi connectivity index (χ4v) is 1.04. The molecule has 0 radical (unpaired) electrons. The van der Waals surface area contributed by atoms with E-state index in [-0.39, 0.29) is 5.91 Å². The van der Waals surface area contributed by atoms with Crippen molar-refractivity contribution >= 4 is 5.91 Å². The minimum absolute atomic E-state index is 0.0324. The zero-order valence-electron chi connectivity index (χ0n) is 9.56. The van der Waals surface area contributed by atoms with Gasteiger partial charge in [-0.15, -0.1) is 0 Å². The molecule has 0 fully saturated rings. The molecule has 0 bridgehead atoms. The first-order chi connectivity index (χ1) is 6.59. The first kappa shape index (κ1) is 12.7. The van der Waals surface area contributed by atoms with Gasteiger partial charge in [-0.3, -0.25) is 4.79 Å². The molecule has 4 nitrogen and oxygen atoms in total. The Kier molecular flexibility index (Phi) is 5.60. The van der Waals surface area contributed by atoms with Gasteiger partial charge in [0, 0.05) is 12.6 Å². The molecule has 0 spiro atoms. The lowest BCUT2D eigenvalue weighted by Crippen LogP contribution is -2.19. The summed E-state index contributed by atoms with van der Waals surface area (Å²) in [6.45, 7) is 9.84. The van der Waals surface area contributed by atoms with E-state index in [1.54, 1.807) is 0 Å². The predicted octanol–water partition coefficient (Wildman–Crippen LogP) is 1.69. The zero-order chi connectivity index (χ0) is 11.1. The molecule has 14 heavy (non-hydrogen) atoms. The summed E-state index contributed by atoms with van der Waals surface area (Å²) in [5.74, 6) is 0.850. The normalized spacial score (nSPS) is 8.93. The third-order valence-electron chi connectivity index (χ3n) is 1.61. The highest BCUT2D eigenvalue weighted by atomic mass is 16.1. The van der Waals surface area contributed by atoms with Crippen molar-refractivity contribution in [3.8, 4) is 0 Å². The summed E-state index contributed by atoms with van der Waals surface area (Å²) in [4.78, 5) is 17.9. The summed E-state index contributed by atoms with van der Waals surface area (Å²) >= 11 is 0. The number of aromatic amines is 1. The van der Waals surface area contributed by atoms with Gasteiger partial charge in [-0.1, -0.05) is 13.8 Å². The highest BCUT2D eigenvalue weighted by Gasteiger charge is 2.03. The maximum Gasteiger partial charge on any atom is 0.217 e. The van der Waals surface area contributed by atoms with Gasteiger partial charge in [-0.05, 0) is 13.8 Å². The second-order valence-electron chi connectivity index (χ2n) is 2.80. The van der Waals surface area contributed by atoms with Crippen LogP contribution in [0.5, 0.6) is 0 Å². The number of carbonyl (C=O) groups excluding carboxylic acids is 1. The van der Waals surface area contributed by atoms with E-state index in [1.165, 1.54) is 6.92 Å². The largest absolute Gasteiger partial charge is 0.351 e. The van der Waals surface area contributed by atoms with Crippen LogP contribution in [-0.4, -0.2) is 15.9 Å². The zero-order valence-corrected chi connectivity index (χ0v) is 9.56. The maximum atomic E-state index is 10.6. The molecular formula is C10H19N3O. The molecule has 2 N–H and O–H groups in total. The van der Waals surface area contributed by atoms with E-state index >= 15 is 0 Å². The average molecular weight is 197 g/mol. The third-order valence-corrected chi connectivity index (χ3v) is 1.61. The molecule has 0 aliphatic carbocycles. The Bertz CT molecular complexity index is 292. The molecule has 0 saturated heterocycles. The molecule has 0 aliphatic rings. The van der Waals surface area contributed by atoms with Crippen LogP contribution in [0.2, 0.25) is 0 Å². The number of amides is 1. The molecule has 1 amide bonds. The van der Waals surface area contributed by atoms with Crippen molar-refractivity contribution in [3.63, 3.8) is 0 Å². The smallest absolute Gasteiger partial charge is 0.217 e. The van der Waals surface area contributed by atoms with Crippen molar-refractivity contribution in [2.24, 2.45) is 0 Å². The Morgan fingerprint density at radius 1 is 1.43 bits per heavy atom. The van der Waals surface area contributed by atoms with Crippen LogP contribution in [-0.2, 0) is 11.3 Å². The van der Waals surface area contributed by atoms with Crippen LogP contribution < -0.4 is 5.32 Å². The first-order valence-electron chi connectivity index (χ1n) is 4.86. The number of H-pyrrole nitrogens is 1. The summed E-state index contributed by atoms with van der Waals surface area (Å²) in [6, 6.07) is 0. The van der Waals surface area contributed by atoms with Gasteiger partial charge < -0.3 is 10.3 Å². The number of rotatable bonds is 2. The first-order valence-corrected chi connectivity index (χ1v) is 4.86. The van der Waals surface area contributed by atoms with Gasteiger partial charge in [0.25, 0.3) is 0 Å². The lowest BCUT2D eigenvalue weighted by Gasteiger charge is -1.98. The van der Waals surface area contributed by atoms with Crippen molar-refractivity contribution < 1.29 is 4.79 Å². The number of nitrogens with one attached hydrogen (secondary N) is 2. The minimum Gasteiger partial charge on any atom is -0.351 e. The molecule has 0 unspecified atom stereocenters. The quantitative estimate of drug-likeness (QED) is 0.758. The van der Waals surface area contributed by atoms with Gasteiger partial charge in [-0.2, -0.15) is 0 Å².